The van der Waals surface area contributed by atoms with Crippen molar-refractivity contribution >= 4 is 0 Å². The van der Waals surface area contributed by atoms with Crippen molar-refractivity contribution in [1.29, 1.82) is 0 Å². The van der Waals surface area contributed by atoms with Crippen LogP contribution < -0.4 is 0 Å². The van der Waals surface area contributed by atoms with Gasteiger partial charge in [-0.15, -0.1) is 0 Å². The minimum atomic E-state index is 0.911. The third kappa shape index (κ3) is 3.89. The second-order valence-electron chi connectivity index (χ2n) is 7.14. The van der Waals surface area contributed by atoms with Gasteiger partial charge in [0.1, 0.15) is 5.76 Å². The fourth-order valence-corrected chi connectivity index (χ4v) is 3.66. The summed E-state index contributed by atoms with van der Waals surface area (Å²) in [6.45, 7) is 10.4. The van der Waals surface area contributed by atoms with Crippen molar-refractivity contribution in [2.45, 2.75) is 26.9 Å². The fourth-order valence-electron chi connectivity index (χ4n) is 3.66. The summed E-state index contributed by atoms with van der Waals surface area (Å²) >= 11 is 0. The van der Waals surface area contributed by atoms with Gasteiger partial charge in [0.25, 0.3) is 0 Å². The van der Waals surface area contributed by atoms with Crippen LogP contribution in [-0.4, -0.2) is 45.8 Å². The van der Waals surface area contributed by atoms with Crippen LogP contribution >= 0.6 is 0 Å². The molecule has 3 heterocycles. The number of hydrogen-bond donors (Lipinski definition) is 0. The zero-order chi connectivity index (χ0) is 17.9. The molecule has 136 valence electrons. The van der Waals surface area contributed by atoms with Gasteiger partial charge in [0, 0.05) is 38.4 Å². The number of aryl methyl sites for hydroxylation is 2. The van der Waals surface area contributed by atoms with E-state index < -0.39 is 0 Å². The monoisotopic (exact) mass is 350 g/mol. The highest BCUT2D eigenvalue weighted by molar-refractivity contribution is 5.37. The van der Waals surface area contributed by atoms with Crippen LogP contribution in [0.1, 0.15) is 22.7 Å². The summed E-state index contributed by atoms with van der Waals surface area (Å²) in [7, 11) is 0. The number of hydrogen-bond acceptors (Lipinski definition) is 4. The van der Waals surface area contributed by atoms with Gasteiger partial charge in [-0.25, -0.2) is 4.68 Å². The maximum Gasteiger partial charge on any atom is 0.117 e. The largest absolute Gasteiger partial charge is 0.468 e. The summed E-state index contributed by atoms with van der Waals surface area (Å²) in [6.07, 6.45) is 1.75. The second-order valence-corrected chi connectivity index (χ2v) is 7.14. The predicted molar refractivity (Wildman–Crippen MR) is 102 cm³/mol. The number of rotatable bonds is 5. The molecule has 5 nitrogen and oxygen atoms in total. The summed E-state index contributed by atoms with van der Waals surface area (Å²) in [5.74, 6) is 1.05. The van der Waals surface area contributed by atoms with Gasteiger partial charge in [-0.2, -0.15) is 5.10 Å². The Balaban J connectivity index is 1.36. The smallest absolute Gasteiger partial charge is 0.117 e. The molecule has 0 N–H and O–H groups in total. The first-order valence-electron chi connectivity index (χ1n) is 9.27. The fraction of sp³-hybridized carbons (Fsp3) is 0.381. The predicted octanol–water partition coefficient (Wildman–Crippen LogP) is 3.40. The van der Waals surface area contributed by atoms with E-state index in [0.29, 0.717) is 0 Å². The number of furan rings is 1. The standard InChI is InChI=1S/C21H26N4O/c1-17-13-18(2)25(22-17)20-6-3-5-19(14-20)15-23-8-10-24(11-9-23)16-21-7-4-12-26-21/h3-7,12-14H,8-11,15-16H2,1-2H3. The molecule has 0 atom stereocenters. The Morgan fingerprint density at radius 3 is 2.35 bits per heavy atom. The number of piperazine rings is 1. The van der Waals surface area contributed by atoms with E-state index in [1.165, 1.54) is 11.3 Å². The zero-order valence-corrected chi connectivity index (χ0v) is 15.6. The van der Waals surface area contributed by atoms with Crippen molar-refractivity contribution in [1.82, 2.24) is 19.6 Å². The summed E-state index contributed by atoms with van der Waals surface area (Å²) in [5.41, 5.74) is 4.71. The lowest BCUT2D eigenvalue weighted by atomic mass is 10.1. The average Bonchev–Trinajstić information content (AvgIpc) is 3.26. The van der Waals surface area contributed by atoms with Crippen molar-refractivity contribution in [3.05, 3.63) is 71.4 Å². The average molecular weight is 350 g/mol. The highest BCUT2D eigenvalue weighted by Gasteiger charge is 2.18. The molecule has 3 aromatic rings. The topological polar surface area (TPSA) is 37.4 Å². The van der Waals surface area contributed by atoms with E-state index >= 15 is 0 Å². The Labute approximate surface area is 154 Å². The third-order valence-electron chi connectivity index (χ3n) is 5.00. The third-order valence-corrected chi connectivity index (χ3v) is 5.00. The Kier molecular flexibility index (Phi) is 4.91. The first-order chi connectivity index (χ1) is 12.7. The molecule has 0 aliphatic carbocycles. The highest BCUT2D eigenvalue weighted by Crippen LogP contribution is 2.16. The molecule has 5 heteroatoms. The highest BCUT2D eigenvalue weighted by atomic mass is 16.3. The lowest BCUT2D eigenvalue weighted by Crippen LogP contribution is -2.45. The Bertz CT molecular complexity index is 845. The molecule has 1 aliphatic rings. The molecule has 1 aromatic carbocycles. The quantitative estimate of drug-likeness (QED) is 0.707. The number of nitrogens with zero attached hydrogens (tertiary/aromatic N) is 4. The van der Waals surface area contributed by atoms with Crippen LogP contribution in [0.2, 0.25) is 0 Å². The van der Waals surface area contributed by atoms with Gasteiger partial charge in [-0.3, -0.25) is 9.80 Å². The molecule has 1 saturated heterocycles. The molecule has 26 heavy (non-hydrogen) atoms. The van der Waals surface area contributed by atoms with Gasteiger partial charge >= 0.3 is 0 Å². The van der Waals surface area contributed by atoms with Crippen LogP contribution in [0, 0.1) is 13.8 Å². The van der Waals surface area contributed by atoms with E-state index in [0.717, 1.165) is 56.4 Å². The molecule has 1 aliphatic heterocycles. The minimum absolute atomic E-state index is 0.911. The van der Waals surface area contributed by atoms with Crippen LogP contribution in [0.5, 0.6) is 0 Å². The Morgan fingerprint density at radius 1 is 0.923 bits per heavy atom. The molecule has 4 rings (SSSR count). The van der Waals surface area contributed by atoms with Crippen LogP contribution in [-0.2, 0) is 13.1 Å². The molecule has 0 spiro atoms. The Hall–Kier alpha value is -2.37. The summed E-state index contributed by atoms with van der Waals surface area (Å²) < 4.78 is 7.49. The zero-order valence-electron chi connectivity index (χ0n) is 15.6. The van der Waals surface area contributed by atoms with E-state index in [1.807, 2.05) is 17.7 Å². The number of benzene rings is 1. The normalized spacial score (nSPS) is 16.2. The van der Waals surface area contributed by atoms with Crippen LogP contribution in [0.25, 0.3) is 5.69 Å². The Morgan fingerprint density at radius 2 is 1.69 bits per heavy atom. The maximum atomic E-state index is 5.46. The van der Waals surface area contributed by atoms with Crippen molar-refractivity contribution in [3.63, 3.8) is 0 Å². The SMILES string of the molecule is Cc1cc(C)n(-c2cccc(CN3CCN(Cc4ccco4)CC3)c2)n1. The van der Waals surface area contributed by atoms with E-state index in [4.69, 9.17) is 4.42 Å². The maximum absolute atomic E-state index is 5.46. The first kappa shape index (κ1) is 17.1. The molecule has 0 amide bonds. The summed E-state index contributed by atoms with van der Waals surface area (Å²) in [6, 6.07) is 14.9. The molecular formula is C21H26N4O. The van der Waals surface area contributed by atoms with Gasteiger partial charge in [0.15, 0.2) is 0 Å². The molecule has 0 radical (unpaired) electrons. The molecule has 0 unspecified atom stereocenters. The van der Waals surface area contributed by atoms with Gasteiger partial charge in [0.2, 0.25) is 0 Å². The van der Waals surface area contributed by atoms with Gasteiger partial charge in [-0.1, -0.05) is 12.1 Å². The van der Waals surface area contributed by atoms with Crippen molar-refractivity contribution in [2.75, 3.05) is 26.2 Å². The molecule has 0 bridgehead atoms. The van der Waals surface area contributed by atoms with Gasteiger partial charge < -0.3 is 4.42 Å². The summed E-state index contributed by atoms with van der Waals surface area (Å²) in [4.78, 5) is 4.99. The summed E-state index contributed by atoms with van der Waals surface area (Å²) in [5, 5.41) is 4.60. The van der Waals surface area contributed by atoms with Crippen LogP contribution in [0.3, 0.4) is 0 Å². The minimum Gasteiger partial charge on any atom is -0.468 e. The van der Waals surface area contributed by atoms with Gasteiger partial charge in [0.05, 0.1) is 24.2 Å². The van der Waals surface area contributed by atoms with E-state index in [2.05, 4.69) is 58.2 Å². The van der Waals surface area contributed by atoms with Crippen molar-refractivity contribution in [2.24, 2.45) is 0 Å². The van der Waals surface area contributed by atoms with E-state index in [-0.39, 0.29) is 0 Å². The van der Waals surface area contributed by atoms with E-state index in [1.54, 1.807) is 6.26 Å². The van der Waals surface area contributed by atoms with E-state index in [9.17, 15) is 0 Å². The lowest BCUT2D eigenvalue weighted by Gasteiger charge is -2.34. The first-order valence-corrected chi connectivity index (χ1v) is 9.27. The van der Waals surface area contributed by atoms with Crippen LogP contribution in [0.15, 0.2) is 53.1 Å². The molecule has 1 fully saturated rings. The molecule has 2 aromatic heterocycles. The van der Waals surface area contributed by atoms with Gasteiger partial charge in [-0.05, 0) is 49.7 Å². The lowest BCUT2D eigenvalue weighted by molar-refractivity contribution is 0.116. The van der Waals surface area contributed by atoms with Crippen molar-refractivity contribution in [3.8, 4) is 5.69 Å². The molecular weight excluding hydrogens is 324 g/mol. The second kappa shape index (κ2) is 7.48. The molecule has 0 saturated carbocycles. The van der Waals surface area contributed by atoms with Crippen LogP contribution in [0.4, 0.5) is 0 Å². The number of aromatic nitrogens is 2. The van der Waals surface area contributed by atoms with Crippen molar-refractivity contribution < 1.29 is 4.42 Å².